The van der Waals surface area contributed by atoms with Gasteiger partial charge in [0, 0.05) is 25.1 Å². The van der Waals surface area contributed by atoms with Gasteiger partial charge in [0.25, 0.3) is 0 Å². The van der Waals surface area contributed by atoms with E-state index in [4.69, 9.17) is 5.73 Å². The second-order valence-electron chi connectivity index (χ2n) is 4.78. The zero-order valence-electron chi connectivity index (χ0n) is 12.2. The summed E-state index contributed by atoms with van der Waals surface area (Å²) in [4.78, 5) is 11.1. The highest BCUT2D eigenvalue weighted by molar-refractivity contribution is 14.1. The lowest BCUT2D eigenvalue weighted by Gasteiger charge is -1.97. The van der Waals surface area contributed by atoms with Crippen molar-refractivity contribution >= 4 is 67.7 Å². The average Bonchev–Trinajstić information content (AvgIpc) is 2.87. The number of anilines is 1. The third kappa shape index (κ3) is 4.19. The molecule has 2 N–H and O–H groups in total. The summed E-state index contributed by atoms with van der Waals surface area (Å²) >= 11 is 4.50. The van der Waals surface area contributed by atoms with Gasteiger partial charge in [0.2, 0.25) is 5.91 Å². The number of rotatable bonds is 0. The second-order valence-corrected chi connectivity index (χ2v) is 7.27. The standard InChI is InChI=1S/C9H7IN2O.C7H8IN/c1-6(13)12-9-3-2-8(10)4-7(9)5-11-12;1-5-4-6(8)2-3-7(5)9/h2-5H,1H3;2-4H,9H2,1H3. The van der Waals surface area contributed by atoms with E-state index in [1.165, 1.54) is 15.2 Å². The first-order chi connectivity index (χ1) is 10.4. The Kier molecular flexibility index (Phi) is 5.79. The van der Waals surface area contributed by atoms with Gasteiger partial charge in [0.05, 0.1) is 11.7 Å². The number of carbonyl (C=O) groups excluding carboxylic acids is 1. The van der Waals surface area contributed by atoms with Crippen LogP contribution in [0.2, 0.25) is 0 Å². The smallest absolute Gasteiger partial charge is 0.244 e. The predicted molar refractivity (Wildman–Crippen MR) is 107 cm³/mol. The Labute approximate surface area is 156 Å². The fourth-order valence-electron chi connectivity index (χ4n) is 1.89. The van der Waals surface area contributed by atoms with Crippen LogP contribution in [0.3, 0.4) is 0 Å². The molecule has 0 saturated carbocycles. The van der Waals surface area contributed by atoms with Crippen molar-refractivity contribution in [2.45, 2.75) is 13.8 Å². The molecule has 0 saturated heterocycles. The van der Waals surface area contributed by atoms with Crippen molar-refractivity contribution in [1.29, 1.82) is 0 Å². The number of benzene rings is 2. The summed E-state index contributed by atoms with van der Waals surface area (Å²) in [6.07, 6.45) is 1.71. The topological polar surface area (TPSA) is 60.9 Å². The van der Waals surface area contributed by atoms with E-state index >= 15 is 0 Å². The maximum atomic E-state index is 11.1. The SMILES string of the molecule is CC(=O)n1ncc2cc(I)ccc21.Cc1cc(I)ccc1N. The lowest BCUT2D eigenvalue weighted by molar-refractivity contribution is 0.0927. The number of nitrogen functional groups attached to an aromatic ring is 1. The van der Waals surface area contributed by atoms with Crippen LogP contribution in [-0.4, -0.2) is 15.7 Å². The Morgan fingerprint density at radius 2 is 1.77 bits per heavy atom. The van der Waals surface area contributed by atoms with Crippen LogP contribution in [0.5, 0.6) is 0 Å². The van der Waals surface area contributed by atoms with Gasteiger partial charge >= 0.3 is 0 Å². The summed E-state index contributed by atoms with van der Waals surface area (Å²) in [7, 11) is 0. The fourth-order valence-corrected chi connectivity index (χ4v) is 3.06. The zero-order valence-corrected chi connectivity index (χ0v) is 16.5. The van der Waals surface area contributed by atoms with E-state index in [1.54, 1.807) is 6.20 Å². The van der Waals surface area contributed by atoms with E-state index in [-0.39, 0.29) is 5.91 Å². The van der Waals surface area contributed by atoms with E-state index in [9.17, 15) is 4.79 Å². The van der Waals surface area contributed by atoms with Crippen molar-refractivity contribution in [1.82, 2.24) is 9.78 Å². The molecule has 3 aromatic rings. The molecule has 0 aliphatic rings. The van der Waals surface area contributed by atoms with Crippen molar-refractivity contribution in [3.63, 3.8) is 0 Å². The van der Waals surface area contributed by atoms with Gasteiger partial charge in [-0.05, 0) is 94.1 Å². The Morgan fingerprint density at radius 3 is 2.36 bits per heavy atom. The lowest BCUT2D eigenvalue weighted by atomic mass is 10.2. The highest BCUT2D eigenvalue weighted by atomic mass is 127. The molecule has 6 heteroatoms. The molecule has 1 aromatic heterocycles. The maximum Gasteiger partial charge on any atom is 0.244 e. The fraction of sp³-hybridized carbons (Fsp3) is 0.125. The molecular weight excluding hydrogens is 504 g/mol. The first-order valence-electron chi connectivity index (χ1n) is 6.54. The number of halogens is 2. The zero-order chi connectivity index (χ0) is 16.3. The number of aromatic nitrogens is 2. The van der Waals surface area contributed by atoms with Crippen LogP contribution in [0.25, 0.3) is 10.9 Å². The number of nitrogens with zero attached hydrogens (tertiary/aromatic N) is 2. The number of nitrogens with two attached hydrogens (primary N) is 1. The number of hydrogen-bond acceptors (Lipinski definition) is 3. The van der Waals surface area contributed by atoms with E-state index in [1.807, 2.05) is 37.3 Å². The van der Waals surface area contributed by atoms with Crippen LogP contribution in [0, 0.1) is 14.1 Å². The third-order valence-corrected chi connectivity index (χ3v) is 4.40. The maximum absolute atomic E-state index is 11.1. The largest absolute Gasteiger partial charge is 0.399 e. The molecule has 114 valence electrons. The van der Waals surface area contributed by atoms with Crippen LogP contribution in [0.1, 0.15) is 17.3 Å². The Bertz CT molecular complexity index is 827. The molecule has 0 aliphatic carbocycles. The van der Waals surface area contributed by atoms with Crippen molar-refractivity contribution < 1.29 is 4.79 Å². The van der Waals surface area contributed by atoms with Crippen molar-refractivity contribution in [2.75, 3.05) is 5.73 Å². The van der Waals surface area contributed by atoms with Gasteiger partial charge in [-0.1, -0.05) is 0 Å². The molecule has 0 bridgehead atoms. The minimum Gasteiger partial charge on any atom is -0.399 e. The summed E-state index contributed by atoms with van der Waals surface area (Å²) in [5.41, 5.74) is 8.48. The minimum absolute atomic E-state index is 0.0591. The molecule has 0 amide bonds. The highest BCUT2D eigenvalue weighted by Gasteiger charge is 2.05. The molecule has 1 heterocycles. The number of hydrogen-bond donors (Lipinski definition) is 1. The molecule has 3 rings (SSSR count). The molecule has 4 nitrogen and oxygen atoms in total. The molecule has 0 aliphatic heterocycles. The van der Waals surface area contributed by atoms with Gasteiger partial charge in [0.1, 0.15) is 0 Å². The first kappa shape index (κ1) is 17.2. The monoisotopic (exact) mass is 519 g/mol. The van der Waals surface area contributed by atoms with Gasteiger partial charge in [-0.2, -0.15) is 5.10 Å². The molecule has 0 unspecified atom stereocenters. The number of aryl methyl sites for hydroxylation is 1. The van der Waals surface area contributed by atoms with E-state index in [0.717, 1.165) is 25.7 Å². The van der Waals surface area contributed by atoms with Crippen LogP contribution < -0.4 is 5.73 Å². The van der Waals surface area contributed by atoms with Gasteiger partial charge < -0.3 is 5.73 Å². The van der Waals surface area contributed by atoms with Gasteiger partial charge in [-0.3, -0.25) is 4.79 Å². The Morgan fingerprint density at radius 1 is 1.14 bits per heavy atom. The summed E-state index contributed by atoms with van der Waals surface area (Å²) < 4.78 is 3.79. The summed E-state index contributed by atoms with van der Waals surface area (Å²) in [6, 6.07) is 11.9. The third-order valence-electron chi connectivity index (χ3n) is 3.06. The van der Waals surface area contributed by atoms with E-state index in [0.29, 0.717) is 0 Å². The van der Waals surface area contributed by atoms with Gasteiger partial charge in [-0.25, -0.2) is 4.68 Å². The first-order valence-corrected chi connectivity index (χ1v) is 8.70. The lowest BCUT2D eigenvalue weighted by Crippen LogP contribution is -2.06. The highest BCUT2D eigenvalue weighted by Crippen LogP contribution is 2.16. The summed E-state index contributed by atoms with van der Waals surface area (Å²) in [5, 5.41) is 5.00. The van der Waals surface area contributed by atoms with E-state index < -0.39 is 0 Å². The average molecular weight is 519 g/mol. The van der Waals surface area contributed by atoms with Crippen molar-refractivity contribution in [3.05, 3.63) is 55.3 Å². The normalized spacial score (nSPS) is 10.2. The number of fused-ring (bicyclic) bond motifs is 1. The summed E-state index contributed by atoms with van der Waals surface area (Å²) in [5.74, 6) is -0.0591. The number of carbonyl (C=O) groups is 1. The van der Waals surface area contributed by atoms with Gasteiger partial charge in [-0.15, -0.1) is 0 Å². The van der Waals surface area contributed by atoms with Crippen LogP contribution >= 0.6 is 45.2 Å². The van der Waals surface area contributed by atoms with Crippen LogP contribution in [0.4, 0.5) is 5.69 Å². The Hall–Kier alpha value is -1.16. The van der Waals surface area contributed by atoms with Crippen LogP contribution in [-0.2, 0) is 0 Å². The summed E-state index contributed by atoms with van der Waals surface area (Å²) in [6.45, 7) is 3.52. The van der Waals surface area contributed by atoms with Gasteiger partial charge in [0.15, 0.2) is 0 Å². The molecular formula is C16H15I2N3O. The molecule has 0 spiro atoms. The Balaban J connectivity index is 0.000000172. The quantitative estimate of drug-likeness (QED) is 0.352. The molecule has 0 radical (unpaired) electrons. The van der Waals surface area contributed by atoms with Crippen molar-refractivity contribution in [3.8, 4) is 0 Å². The van der Waals surface area contributed by atoms with E-state index in [2.05, 4.69) is 56.3 Å². The van der Waals surface area contributed by atoms with Crippen molar-refractivity contribution in [2.24, 2.45) is 0 Å². The minimum atomic E-state index is -0.0591. The molecule has 0 fully saturated rings. The molecule has 0 atom stereocenters. The predicted octanol–water partition coefficient (Wildman–Crippen LogP) is 4.48. The molecule has 2 aromatic carbocycles. The van der Waals surface area contributed by atoms with Crippen LogP contribution in [0.15, 0.2) is 42.6 Å². The molecule has 22 heavy (non-hydrogen) atoms. The second kappa shape index (κ2) is 7.40.